The zero-order valence-corrected chi connectivity index (χ0v) is 20.2. The lowest BCUT2D eigenvalue weighted by Crippen LogP contribution is -2.46. The van der Waals surface area contributed by atoms with Crippen molar-refractivity contribution < 1.29 is 4.52 Å². The Morgan fingerprint density at radius 3 is 2.44 bits per heavy atom. The minimum Gasteiger partial charge on any atom is -0.351 e. The molecule has 1 aromatic heterocycles. The number of thiocarbonyl (C=S) groups is 1. The molecule has 3 aromatic rings. The van der Waals surface area contributed by atoms with Gasteiger partial charge in [-0.3, -0.25) is 0 Å². The average molecular weight is 447 g/mol. The van der Waals surface area contributed by atoms with Gasteiger partial charge in [-0.2, -0.15) is 4.98 Å². The van der Waals surface area contributed by atoms with Crippen molar-refractivity contribution in [3.8, 4) is 11.4 Å². The largest absolute Gasteiger partial charge is 0.351 e. The van der Waals surface area contributed by atoms with Crippen LogP contribution in [0.1, 0.15) is 61.4 Å². The molecule has 166 valence electrons. The number of nitrogens with zero attached hydrogens (tertiary/aromatic N) is 3. The number of rotatable bonds is 6. The Hall–Kier alpha value is -2.99. The molecular formula is C26H30N4OS. The summed E-state index contributed by atoms with van der Waals surface area (Å²) < 4.78 is 5.82. The first-order valence-electron chi connectivity index (χ1n) is 11.2. The first kappa shape index (κ1) is 22.2. The third-order valence-electron chi connectivity index (χ3n) is 6.18. The molecule has 32 heavy (non-hydrogen) atoms. The van der Waals surface area contributed by atoms with Crippen LogP contribution in [0.2, 0.25) is 0 Å². The van der Waals surface area contributed by atoms with Gasteiger partial charge in [0.1, 0.15) is 0 Å². The molecular weight excluding hydrogens is 416 g/mol. The fourth-order valence-corrected chi connectivity index (χ4v) is 4.43. The van der Waals surface area contributed by atoms with Crippen molar-refractivity contribution in [2.45, 2.75) is 53.5 Å². The molecule has 0 fully saturated rings. The van der Waals surface area contributed by atoms with E-state index in [-0.39, 0.29) is 6.04 Å². The van der Waals surface area contributed by atoms with Gasteiger partial charge in [0.15, 0.2) is 5.11 Å². The number of benzene rings is 2. The van der Waals surface area contributed by atoms with E-state index in [1.54, 1.807) is 0 Å². The molecule has 1 aliphatic rings. The second kappa shape index (κ2) is 9.25. The van der Waals surface area contributed by atoms with Crippen LogP contribution < -0.4 is 5.32 Å². The quantitative estimate of drug-likeness (QED) is 0.470. The first-order chi connectivity index (χ1) is 15.4. The molecule has 0 bridgehead atoms. The average Bonchev–Trinajstić information content (AvgIpc) is 3.28. The Labute approximate surface area is 195 Å². The molecule has 4 rings (SSSR count). The lowest BCUT2D eigenvalue weighted by molar-refractivity contribution is 0.396. The molecule has 1 N–H and O–H groups in total. The van der Waals surface area contributed by atoms with Crippen LogP contribution >= 0.6 is 12.2 Å². The maximum atomic E-state index is 5.82. The normalized spacial score (nSPS) is 16.5. The monoisotopic (exact) mass is 446 g/mol. The summed E-state index contributed by atoms with van der Waals surface area (Å²) >= 11 is 5.73. The summed E-state index contributed by atoms with van der Waals surface area (Å²) in [6.45, 7) is 11.5. The molecule has 0 radical (unpaired) electrons. The van der Waals surface area contributed by atoms with Crippen LogP contribution in [0.15, 0.2) is 52.7 Å². The predicted octanol–water partition coefficient (Wildman–Crippen LogP) is 5.99. The van der Waals surface area contributed by atoms with E-state index in [1.807, 2.05) is 12.1 Å². The van der Waals surface area contributed by atoms with Crippen LogP contribution in [-0.2, 0) is 6.42 Å². The number of nitrogens with one attached hydrogen (secondary N) is 1. The van der Waals surface area contributed by atoms with Crippen molar-refractivity contribution in [2.75, 3.05) is 6.54 Å². The molecule has 0 spiro atoms. The zero-order valence-electron chi connectivity index (χ0n) is 19.4. The topological polar surface area (TPSA) is 54.2 Å². The summed E-state index contributed by atoms with van der Waals surface area (Å²) in [4.78, 5) is 6.93. The molecule has 2 aromatic carbocycles. The van der Waals surface area contributed by atoms with Gasteiger partial charge in [0.25, 0.3) is 5.89 Å². The highest BCUT2D eigenvalue weighted by Gasteiger charge is 2.33. The van der Waals surface area contributed by atoms with Crippen LogP contribution in [-0.4, -0.2) is 26.7 Å². The molecule has 1 atom stereocenters. The Morgan fingerprint density at radius 1 is 1.03 bits per heavy atom. The van der Waals surface area contributed by atoms with E-state index >= 15 is 0 Å². The highest BCUT2D eigenvalue weighted by Crippen LogP contribution is 2.38. The SMILES string of the molecule is CCCN1C(=S)NC(c2ccc(C)c(C)c2)C(c2nc(-c3ccc(CC)cc3)no2)=C1C. The molecule has 1 aliphatic heterocycles. The maximum Gasteiger partial charge on any atom is 0.258 e. The van der Waals surface area contributed by atoms with Gasteiger partial charge in [0, 0.05) is 17.8 Å². The van der Waals surface area contributed by atoms with Crippen molar-refractivity contribution in [1.82, 2.24) is 20.4 Å². The number of aryl methyl sites for hydroxylation is 3. The van der Waals surface area contributed by atoms with Crippen LogP contribution in [0, 0.1) is 13.8 Å². The second-order valence-electron chi connectivity index (χ2n) is 8.35. The summed E-state index contributed by atoms with van der Waals surface area (Å²) in [6, 6.07) is 14.7. The number of aromatic nitrogens is 2. The Balaban J connectivity index is 1.80. The molecule has 5 nitrogen and oxygen atoms in total. The van der Waals surface area contributed by atoms with Gasteiger partial charge in [0.05, 0.1) is 11.6 Å². The van der Waals surface area contributed by atoms with Crippen LogP contribution in [0.4, 0.5) is 0 Å². The predicted molar refractivity (Wildman–Crippen MR) is 133 cm³/mol. The van der Waals surface area contributed by atoms with Gasteiger partial charge in [-0.1, -0.05) is 61.5 Å². The first-order valence-corrected chi connectivity index (χ1v) is 11.6. The van der Waals surface area contributed by atoms with E-state index in [0.29, 0.717) is 11.7 Å². The zero-order chi connectivity index (χ0) is 22.8. The second-order valence-corrected chi connectivity index (χ2v) is 8.74. The number of hydrogen-bond acceptors (Lipinski definition) is 4. The molecule has 0 aliphatic carbocycles. The number of hydrogen-bond donors (Lipinski definition) is 1. The van der Waals surface area contributed by atoms with Crippen LogP contribution in [0.25, 0.3) is 17.0 Å². The smallest absolute Gasteiger partial charge is 0.258 e. The lowest BCUT2D eigenvalue weighted by atomic mass is 9.92. The third-order valence-corrected chi connectivity index (χ3v) is 6.52. The van der Waals surface area contributed by atoms with Gasteiger partial charge in [-0.05, 0) is 68.1 Å². The van der Waals surface area contributed by atoms with E-state index in [4.69, 9.17) is 21.7 Å². The Kier molecular flexibility index (Phi) is 6.42. The van der Waals surface area contributed by atoms with Gasteiger partial charge in [0.2, 0.25) is 5.82 Å². The van der Waals surface area contributed by atoms with Crippen molar-refractivity contribution >= 4 is 22.9 Å². The van der Waals surface area contributed by atoms with E-state index in [0.717, 1.165) is 46.9 Å². The summed E-state index contributed by atoms with van der Waals surface area (Å²) in [6.07, 6.45) is 1.99. The fraction of sp³-hybridized carbons (Fsp3) is 0.346. The fourth-order valence-electron chi connectivity index (χ4n) is 4.09. The van der Waals surface area contributed by atoms with Crippen LogP contribution in [0.3, 0.4) is 0 Å². The van der Waals surface area contributed by atoms with Gasteiger partial charge in [-0.25, -0.2) is 0 Å². The van der Waals surface area contributed by atoms with E-state index < -0.39 is 0 Å². The molecule has 1 unspecified atom stereocenters. The third kappa shape index (κ3) is 4.19. The highest BCUT2D eigenvalue weighted by molar-refractivity contribution is 7.80. The van der Waals surface area contributed by atoms with Crippen molar-refractivity contribution in [3.63, 3.8) is 0 Å². The van der Waals surface area contributed by atoms with Gasteiger partial charge in [-0.15, -0.1) is 0 Å². The Bertz CT molecular complexity index is 1160. The van der Waals surface area contributed by atoms with Crippen molar-refractivity contribution in [2.24, 2.45) is 0 Å². The molecule has 0 amide bonds. The molecule has 2 heterocycles. The summed E-state index contributed by atoms with van der Waals surface area (Å²) in [5, 5.41) is 8.56. The summed E-state index contributed by atoms with van der Waals surface area (Å²) in [5.74, 6) is 1.12. The van der Waals surface area contributed by atoms with E-state index in [1.165, 1.54) is 16.7 Å². The summed E-state index contributed by atoms with van der Waals surface area (Å²) in [5.41, 5.74) is 7.89. The standard InChI is InChI=1S/C26H30N4OS/c1-6-14-30-18(5)22(23(27-26(30)32)21-11-8-16(3)17(4)15-21)25-28-24(29-31-25)20-12-9-19(7-2)10-13-20/h8-13,15,23H,6-7,14H2,1-5H3,(H,27,32). The molecule has 0 saturated heterocycles. The number of allylic oxidation sites excluding steroid dienone is 1. The van der Waals surface area contributed by atoms with Gasteiger partial charge < -0.3 is 14.7 Å². The minimum absolute atomic E-state index is 0.148. The van der Waals surface area contributed by atoms with E-state index in [9.17, 15) is 0 Å². The molecule has 6 heteroatoms. The van der Waals surface area contributed by atoms with Crippen LogP contribution in [0.5, 0.6) is 0 Å². The van der Waals surface area contributed by atoms with Crippen molar-refractivity contribution in [3.05, 3.63) is 76.3 Å². The summed E-state index contributed by atoms with van der Waals surface area (Å²) in [7, 11) is 0. The lowest BCUT2D eigenvalue weighted by Gasteiger charge is -2.37. The Morgan fingerprint density at radius 2 is 1.78 bits per heavy atom. The molecule has 0 saturated carbocycles. The van der Waals surface area contributed by atoms with E-state index in [2.05, 4.69) is 80.3 Å². The minimum atomic E-state index is -0.148. The van der Waals surface area contributed by atoms with Gasteiger partial charge >= 0.3 is 0 Å². The highest BCUT2D eigenvalue weighted by atomic mass is 32.1. The maximum absolute atomic E-state index is 5.82. The van der Waals surface area contributed by atoms with Crippen molar-refractivity contribution in [1.29, 1.82) is 0 Å².